The molecule has 2 N–H and O–H groups in total. The Morgan fingerprint density at radius 2 is 1.67 bits per heavy atom. The Morgan fingerprint density at radius 1 is 1.00 bits per heavy atom. The number of halogens is 3. The van der Waals surface area contributed by atoms with Crippen molar-refractivity contribution in [1.82, 2.24) is 5.32 Å². The van der Waals surface area contributed by atoms with Gasteiger partial charge in [-0.2, -0.15) is 13.2 Å². The second-order valence-electron chi connectivity index (χ2n) is 5.72. The van der Waals surface area contributed by atoms with Crippen LogP contribution in [0.1, 0.15) is 32.7 Å². The molecule has 2 rings (SSSR count). The van der Waals surface area contributed by atoms with E-state index < -0.39 is 17.6 Å². The van der Waals surface area contributed by atoms with Gasteiger partial charge in [-0.25, -0.2) is 0 Å². The highest BCUT2D eigenvalue weighted by molar-refractivity contribution is 6.06. The molecule has 0 atom stereocenters. The molecule has 0 saturated heterocycles. The van der Waals surface area contributed by atoms with Crippen LogP contribution in [-0.2, 0) is 10.9 Å². The molecule has 0 saturated carbocycles. The van der Waals surface area contributed by atoms with Gasteiger partial charge >= 0.3 is 6.18 Å². The van der Waals surface area contributed by atoms with Gasteiger partial charge in [0.25, 0.3) is 11.8 Å². The number of anilines is 1. The lowest BCUT2D eigenvalue weighted by Gasteiger charge is -2.10. The highest BCUT2D eigenvalue weighted by atomic mass is 19.4. The molecule has 0 heterocycles. The van der Waals surface area contributed by atoms with E-state index in [-0.39, 0.29) is 22.7 Å². The summed E-state index contributed by atoms with van der Waals surface area (Å²) in [6.07, 6.45) is -3.85. The number of nitrogens with one attached hydrogen (secondary N) is 2. The first-order valence-corrected chi connectivity index (χ1v) is 8.17. The number of rotatable bonds is 7. The maximum atomic E-state index is 12.8. The molecule has 8 heteroatoms. The molecule has 2 aromatic rings. The Bertz CT molecular complexity index is 807. The van der Waals surface area contributed by atoms with Crippen molar-refractivity contribution in [3.8, 4) is 0 Å². The predicted molar refractivity (Wildman–Crippen MR) is 94.7 cm³/mol. The van der Waals surface area contributed by atoms with Crippen LogP contribution in [0.2, 0.25) is 0 Å². The molecule has 0 bridgehead atoms. The van der Waals surface area contributed by atoms with E-state index in [1.807, 2.05) is 0 Å². The van der Waals surface area contributed by atoms with E-state index in [9.17, 15) is 22.8 Å². The van der Waals surface area contributed by atoms with Gasteiger partial charge < -0.3 is 15.4 Å². The average Bonchev–Trinajstić information content (AvgIpc) is 2.64. The van der Waals surface area contributed by atoms with E-state index in [0.29, 0.717) is 19.6 Å². The van der Waals surface area contributed by atoms with Crippen LogP contribution in [0, 0.1) is 0 Å². The lowest BCUT2D eigenvalue weighted by Crippen LogP contribution is -2.25. The predicted octanol–water partition coefficient (Wildman–Crippen LogP) is 3.72. The van der Waals surface area contributed by atoms with Gasteiger partial charge in [0.05, 0.1) is 5.56 Å². The van der Waals surface area contributed by atoms with E-state index >= 15 is 0 Å². The lowest BCUT2D eigenvalue weighted by molar-refractivity contribution is -0.137. The number of carbonyl (C=O) groups excluding carboxylic acids is 2. The van der Waals surface area contributed by atoms with Crippen molar-refractivity contribution < 1.29 is 27.5 Å². The Labute approximate surface area is 154 Å². The summed E-state index contributed by atoms with van der Waals surface area (Å²) in [5.74, 6) is -0.955. The molecule has 5 nitrogen and oxygen atoms in total. The van der Waals surface area contributed by atoms with Gasteiger partial charge in [-0.3, -0.25) is 9.59 Å². The third-order valence-corrected chi connectivity index (χ3v) is 3.65. The van der Waals surface area contributed by atoms with Crippen LogP contribution in [-0.4, -0.2) is 32.1 Å². The number of alkyl halides is 3. The van der Waals surface area contributed by atoms with Gasteiger partial charge in [0, 0.05) is 37.1 Å². The fourth-order valence-corrected chi connectivity index (χ4v) is 2.30. The molecule has 0 fully saturated rings. The SMILES string of the molecule is COCCCNC(=O)c1cccc(C(=O)Nc2cccc(C(F)(F)F)c2)c1. The third-order valence-electron chi connectivity index (χ3n) is 3.65. The Hall–Kier alpha value is -2.87. The summed E-state index contributed by atoms with van der Waals surface area (Å²) in [4.78, 5) is 24.4. The highest BCUT2D eigenvalue weighted by Gasteiger charge is 2.30. The average molecular weight is 380 g/mol. The van der Waals surface area contributed by atoms with Crippen LogP contribution in [0.15, 0.2) is 48.5 Å². The second-order valence-corrected chi connectivity index (χ2v) is 5.72. The molecule has 0 unspecified atom stereocenters. The molecule has 0 aliphatic carbocycles. The van der Waals surface area contributed by atoms with Gasteiger partial charge in [0.15, 0.2) is 0 Å². The number of ether oxygens (including phenoxy) is 1. The largest absolute Gasteiger partial charge is 0.416 e. The Kier molecular flexibility index (Phi) is 6.95. The minimum Gasteiger partial charge on any atom is -0.385 e. The summed E-state index contributed by atoms with van der Waals surface area (Å²) >= 11 is 0. The van der Waals surface area contributed by atoms with Crippen LogP contribution in [0.25, 0.3) is 0 Å². The zero-order valence-electron chi connectivity index (χ0n) is 14.6. The monoisotopic (exact) mass is 380 g/mol. The van der Waals surface area contributed by atoms with Crippen LogP contribution in [0.3, 0.4) is 0 Å². The van der Waals surface area contributed by atoms with Crippen molar-refractivity contribution >= 4 is 17.5 Å². The lowest BCUT2D eigenvalue weighted by atomic mass is 10.1. The summed E-state index contributed by atoms with van der Waals surface area (Å²) in [5, 5.41) is 5.11. The van der Waals surface area contributed by atoms with Crippen molar-refractivity contribution in [3.05, 3.63) is 65.2 Å². The van der Waals surface area contributed by atoms with Crippen LogP contribution in [0.4, 0.5) is 18.9 Å². The molecule has 2 amide bonds. The molecule has 0 aliphatic rings. The Balaban J connectivity index is 2.06. The molecular weight excluding hydrogens is 361 g/mol. The van der Waals surface area contributed by atoms with E-state index in [0.717, 1.165) is 12.1 Å². The van der Waals surface area contributed by atoms with E-state index in [4.69, 9.17) is 4.74 Å². The number of benzene rings is 2. The topological polar surface area (TPSA) is 67.4 Å². The number of methoxy groups -OCH3 is 1. The van der Waals surface area contributed by atoms with Gasteiger partial charge in [0.2, 0.25) is 0 Å². The summed E-state index contributed by atoms with van der Waals surface area (Å²) in [5.41, 5.74) is -0.394. The van der Waals surface area contributed by atoms with Crippen molar-refractivity contribution in [2.24, 2.45) is 0 Å². The van der Waals surface area contributed by atoms with Gasteiger partial charge in [0.1, 0.15) is 0 Å². The first-order chi connectivity index (χ1) is 12.8. The molecule has 0 radical (unpaired) electrons. The van der Waals surface area contributed by atoms with Crippen LogP contribution >= 0.6 is 0 Å². The molecule has 144 valence electrons. The minimum absolute atomic E-state index is 0.0178. The molecule has 2 aromatic carbocycles. The van der Waals surface area contributed by atoms with Gasteiger partial charge in [-0.1, -0.05) is 12.1 Å². The van der Waals surface area contributed by atoms with Crippen molar-refractivity contribution in [2.45, 2.75) is 12.6 Å². The second kappa shape index (κ2) is 9.18. The number of hydrogen-bond donors (Lipinski definition) is 2. The summed E-state index contributed by atoms with van der Waals surface area (Å²) in [6.45, 7) is 0.938. The van der Waals surface area contributed by atoms with Crippen molar-refractivity contribution in [1.29, 1.82) is 0 Å². The van der Waals surface area contributed by atoms with E-state index in [1.54, 1.807) is 13.2 Å². The van der Waals surface area contributed by atoms with Crippen LogP contribution < -0.4 is 10.6 Å². The Morgan fingerprint density at radius 3 is 2.33 bits per heavy atom. The summed E-state index contributed by atoms with van der Waals surface area (Å²) < 4.78 is 43.2. The summed E-state index contributed by atoms with van der Waals surface area (Å²) in [6, 6.07) is 10.3. The molecule has 27 heavy (non-hydrogen) atoms. The number of amides is 2. The maximum Gasteiger partial charge on any atom is 0.416 e. The zero-order chi connectivity index (χ0) is 19.9. The van der Waals surface area contributed by atoms with Crippen molar-refractivity contribution in [3.63, 3.8) is 0 Å². The van der Waals surface area contributed by atoms with E-state index in [1.165, 1.54) is 30.3 Å². The van der Waals surface area contributed by atoms with Gasteiger partial charge in [-0.05, 0) is 42.8 Å². The standard InChI is InChI=1S/C19H19F3N2O3/c1-27-10-4-9-23-17(25)13-5-2-6-14(11-13)18(26)24-16-8-3-7-15(12-16)19(20,21)22/h2-3,5-8,11-12H,4,9-10H2,1H3,(H,23,25)(H,24,26). The van der Waals surface area contributed by atoms with Crippen molar-refractivity contribution in [2.75, 3.05) is 25.6 Å². The molecule has 0 aliphatic heterocycles. The van der Waals surface area contributed by atoms with Gasteiger partial charge in [-0.15, -0.1) is 0 Å². The fraction of sp³-hybridized carbons (Fsp3) is 0.263. The normalized spacial score (nSPS) is 11.1. The van der Waals surface area contributed by atoms with E-state index in [2.05, 4.69) is 10.6 Å². The molecule has 0 aromatic heterocycles. The molecular formula is C19H19F3N2O3. The first-order valence-electron chi connectivity index (χ1n) is 8.17. The quantitative estimate of drug-likeness (QED) is 0.720. The number of carbonyl (C=O) groups is 2. The third kappa shape index (κ3) is 6.10. The highest BCUT2D eigenvalue weighted by Crippen LogP contribution is 2.30. The molecule has 0 spiro atoms. The first kappa shape index (κ1) is 20.4. The smallest absolute Gasteiger partial charge is 0.385 e. The van der Waals surface area contributed by atoms with Crippen LogP contribution in [0.5, 0.6) is 0 Å². The minimum atomic E-state index is -4.50. The summed E-state index contributed by atoms with van der Waals surface area (Å²) in [7, 11) is 1.56. The number of hydrogen-bond acceptors (Lipinski definition) is 3. The maximum absolute atomic E-state index is 12.8. The fourth-order valence-electron chi connectivity index (χ4n) is 2.30. The zero-order valence-corrected chi connectivity index (χ0v) is 14.6.